The van der Waals surface area contributed by atoms with Crippen LogP contribution in [0.4, 0.5) is 5.69 Å². The number of hydrogen-bond donors (Lipinski definition) is 1. The normalized spacial score (nSPS) is 16.2. The maximum Gasteiger partial charge on any atom is 0.229 e. The van der Waals surface area contributed by atoms with Crippen LogP contribution in [0.15, 0.2) is 61.2 Å². The second kappa shape index (κ2) is 9.41. The Hall–Kier alpha value is -3.08. The van der Waals surface area contributed by atoms with Crippen LogP contribution in [0.3, 0.4) is 0 Å². The Labute approximate surface area is 172 Å². The zero-order valence-corrected chi connectivity index (χ0v) is 17.1. The molecule has 5 nitrogen and oxygen atoms in total. The van der Waals surface area contributed by atoms with Gasteiger partial charge in [-0.15, -0.1) is 0 Å². The van der Waals surface area contributed by atoms with Crippen molar-refractivity contribution in [2.45, 2.75) is 32.7 Å². The Morgan fingerprint density at radius 3 is 2.52 bits per heavy atom. The molecule has 0 aromatic heterocycles. The van der Waals surface area contributed by atoms with Gasteiger partial charge in [0.15, 0.2) is 0 Å². The van der Waals surface area contributed by atoms with Crippen molar-refractivity contribution in [3.63, 3.8) is 0 Å². The van der Waals surface area contributed by atoms with Crippen LogP contribution in [-0.2, 0) is 16.1 Å². The van der Waals surface area contributed by atoms with E-state index in [-0.39, 0.29) is 24.2 Å². The molecule has 0 unspecified atom stereocenters. The minimum absolute atomic E-state index is 0.0197. The zero-order chi connectivity index (χ0) is 20.8. The first kappa shape index (κ1) is 20.6. The van der Waals surface area contributed by atoms with Gasteiger partial charge in [-0.05, 0) is 41.3 Å². The molecule has 0 spiro atoms. The van der Waals surface area contributed by atoms with Crippen LogP contribution in [-0.4, -0.2) is 29.9 Å². The van der Waals surface area contributed by atoms with Crippen molar-refractivity contribution in [1.29, 1.82) is 0 Å². The van der Waals surface area contributed by atoms with Gasteiger partial charge in [0.1, 0.15) is 12.4 Å². The predicted molar refractivity (Wildman–Crippen MR) is 115 cm³/mol. The molecule has 1 atom stereocenters. The molecule has 5 heteroatoms. The van der Waals surface area contributed by atoms with E-state index in [4.69, 9.17) is 4.74 Å². The molecule has 1 aliphatic rings. The monoisotopic (exact) mass is 392 g/mol. The van der Waals surface area contributed by atoms with Gasteiger partial charge >= 0.3 is 0 Å². The zero-order valence-electron chi connectivity index (χ0n) is 17.1. The molecule has 152 valence electrons. The van der Waals surface area contributed by atoms with E-state index in [0.29, 0.717) is 37.1 Å². The average Bonchev–Trinajstić information content (AvgIpc) is 3.08. The molecule has 0 saturated carbocycles. The highest BCUT2D eigenvalue weighted by Gasteiger charge is 2.34. The lowest BCUT2D eigenvalue weighted by molar-refractivity contribution is -0.128. The molecule has 2 aromatic rings. The van der Waals surface area contributed by atoms with Crippen molar-refractivity contribution in [2.75, 3.05) is 18.5 Å². The number of nitrogens with one attached hydrogen (secondary N) is 1. The van der Waals surface area contributed by atoms with E-state index >= 15 is 0 Å². The van der Waals surface area contributed by atoms with Gasteiger partial charge < -0.3 is 15.0 Å². The lowest BCUT2D eigenvalue weighted by Crippen LogP contribution is -2.28. The van der Waals surface area contributed by atoms with Crippen molar-refractivity contribution in [1.82, 2.24) is 4.90 Å². The van der Waals surface area contributed by atoms with Crippen LogP contribution < -0.4 is 10.1 Å². The fourth-order valence-corrected chi connectivity index (χ4v) is 3.36. The topological polar surface area (TPSA) is 58.6 Å². The first-order valence-electron chi connectivity index (χ1n) is 9.97. The molecule has 1 heterocycles. The summed E-state index contributed by atoms with van der Waals surface area (Å²) >= 11 is 0. The third kappa shape index (κ3) is 5.47. The minimum Gasteiger partial charge on any atom is -0.490 e. The number of carbonyl (C=O) groups is 2. The van der Waals surface area contributed by atoms with Crippen molar-refractivity contribution < 1.29 is 14.3 Å². The van der Waals surface area contributed by atoms with Gasteiger partial charge in [-0.1, -0.05) is 50.8 Å². The molecule has 1 aliphatic heterocycles. The Kier molecular flexibility index (Phi) is 6.70. The predicted octanol–water partition coefficient (Wildman–Crippen LogP) is 4.36. The highest BCUT2D eigenvalue weighted by Crippen LogP contribution is 2.23. The smallest absolute Gasteiger partial charge is 0.229 e. The number of rotatable bonds is 8. The van der Waals surface area contributed by atoms with E-state index in [0.717, 1.165) is 5.56 Å². The van der Waals surface area contributed by atoms with Gasteiger partial charge in [0, 0.05) is 25.2 Å². The van der Waals surface area contributed by atoms with Crippen LogP contribution in [0.2, 0.25) is 0 Å². The van der Waals surface area contributed by atoms with Crippen LogP contribution in [0.25, 0.3) is 0 Å². The summed E-state index contributed by atoms with van der Waals surface area (Å²) in [4.78, 5) is 26.8. The van der Waals surface area contributed by atoms with E-state index < -0.39 is 0 Å². The highest BCUT2D eigenvalue weighted by molar-refractivity contribution is 5.97. The summed E-state index contributed by atoms with van der Waals surface area (Å²) in [5.74, 6) is 0.748. The first-order chi connectivity index (χ1) is 14.0. The van der Waals surface area contributed by atoms with Gasteiger partial charge in [0.05, 0.1) is 5.92 Å². The molecule has 1 N–H and O–H groups in total. The van der Waals surface area contributed by atoms with Gasteiger partial charge in [0.25, 0.3) is 0 Å². The Bertz CT molecular complexity index is 857. The number of anilines is 1. The third-order valence-corrected chi connectivity index (χ3v) is 5.09. The number of amides is 2. The molecular formula is C24H28N2O3. The van der Waals surface area contributed by atoms with E-state index in [1.165, 1.54) is 5.56 Å². The van der Waals surface area contributed by atoms with E-state index in [9.17, 15) is 9.59 Å². The second-order valence-electron chi connectivity index (χ2n) is 7.68. The number of carbonyl (C=O) groups excluding carboxylic acids is 2. The van der Waals surface area contributed by atoms with Crippen molar-refractivity contribution >= 4 is 17.5 Å². The van der Waals surface area contributed by atoms with Crippen LogP contribution in [0, 0.1) is 5.92 Å². The number of ether oxygens (including phenoxy) is 1. The standard InChI is InChI=1S/C24H28N2O3/c1-4-13-29-22-11-9-21(10-12-22)25-24(28)20-14-23(27)26(16-20)15-18-5-7-19(8-6-18)17(2)3/h4-12,17,20H,1,13-16H2,2-3H3,(H,25,28)/t20-/m0/s1. The fraction of sp³-hybridized carbons (Fsp3) is 0.333. The van der Waals surface area contributed by atoms with E-state index in [1.54, 1.807) is 35.2 Å². The van der Waals surface area contributed by atoms with Crippen LogP contribution in [0.1, 0.15) is 37.3 Å². The number of nitrogens with zero attached hydrogens (tertiary/aromatic N) is 1. The molecule has 1 saturated heterocycles. The summed E-state index contributed by atoms with van der Waals surface area (Å²) in [6.07, 6.45) is 1.92. The maximum absolute atomic E-state index is 12.6. The molecule has 1 fully saturated rings. The third-order valence-electron chi connectivity index (χ3n) is 5.09. The van der Waals surface area contributed by atoms with E-state index in [2.05, 4.69) is 50.0 Å². The molecular weight excluding hydrogens is 364 g/mol. The molecule has 2 aromatic carbocycles. The Morgan fingerprint density at radius 2 is 1.90 bits per heavy atom. The Morgan fingerprint density at radius 1 is 1.21 bits per heavy atom. The van der Waals surface area contributed by atoms with Crippen LogP contribution in [0.5, 0.6) is 5.75 Å². The van der Waals surface area contributed by atoms with Crippen molar-refractivity contribution in [3.8, 4) is 5.75 Å². The lowest BCUT2D eigenvalue weighted by atomic mass is 10.0. The van der Waals surface area contributed by atoms with Crippen molar-refractivity contribution in [2.24, 2.45) is 5.92 Å². The van der Waals surface area contributed by atoms with Crippen LogP contribution >= 0.6 is 0 Å². The van der Waals surface area contributed by atoms with E-state index in [1.807, 2.05) is 0 Å². The van der Waals surface area contributed by atoms with Gasteiger partial charge in [0.2, 0.25) is 11.8 Å². The molecule has 0 bridgehead atoms. The molecule has 29 heavy (non-hydrogen) atoms. The summed E-state index contributed by atoms with van der Waals surface area (Å²) in [7, 11) is 0. The highest BCUT2D eigenvalue weighted by atomic mass is 16.5. The summed E-state index contributed by atoms with van der Waals surface area (Å²) in [5.41, 5.74) is 3.05. The van der Waals surface area contributed by atoms with Gasteiger partial charge in [-0.25, -0.2) is 0 Å². The number of benzene rings is 2. The first-order valence-corrected chi connectivity index (χ1v) is 9.97. The molecule has 0 radical (unpaired) electrons. The summed E-state index contributed by atoms with van der Waals surface area (Å²) in [6, 6.07) is 15.5. The summed E-state index contributed by atoms with van der Waals surface area (Å²) in [5, 5.41) is 2.90. The van der Waals surface area contributed by atoms with Gasteiger partial charge in [-0.3, -0.25) is 9.59 Å². The average molecular weight is 392 g/mol. The second-order valence-corrected chi connectivity index (χ2v) is 7.68. The number of hydrogen-bond acceptors (Lipinski definition) is 3. The molecule has 3 rings (SSSR count). The molecule has 0 aliphatic carbocycles. The van der Waals surface area contributed by atoms with Gasteiger partial charge in [-0.2, -0.15) is 0 Å². The summed E-state index contributed by atoms with van der Waals surface area (Å²) in [6.45, 7) is 9.34. The molecule has 2 amide bonds. The fourth-order valence-electron chi connectivity index (χ4n) is 3.36. The summed E-state index contributed by atoms with van der Waals surface area (Å²) < 4.78 is 5.44. The largest absolute Gasteiger partial charge is 0.490 e. The minimum atomic E-state index is -0.339. The maximum atomic E-state index is 12.6. The number of likely N-dealkylation sites (tertiary alicyclic amines) is 1. The lowest BCUT2D eigenvalue weighted by Gasteiger charge is -2.17. The quantitative estimate of drug-likeness (QED) is 0.679. The SMILES string of the molecule is C=CCOc1ccc(NC(=O)[C@H]2CC(=O)N(Cc3ccc(C(C)C)cc3)C2)cc1. The van der Waals surface area contributed by atoms with Crippen molar-refractivity contribution in [3.05, 3.63) is 72.3 Å². The Balaban J connectivity index is 1.54.